The Labute approximate surface area is 239 Å². The highest BCUT2D eigenvalue weighted by molar-refractivity contribution is 5.83. The largest absolute Gasteiger partial charge is 0.444 e. The van der Waals surface area contributed by atoms with Crippen molar-refractivity contribution in [3.8, 4) is 0 Å². The number of benzene rings is 2. The molecule has 2 amide bonds. The van der Waals surface area contributed by atoms with Crippen LogP contribution in [0.1, 0.15) is 71.0 Å². The molecule has 3 fully saturated rings. The lowest BCUT2D eigenvalue weighted by atomic mass is 9.63. The van der Waals surface area contributed by atoms with Gasteiger partial charge in [-0.3, -0.25) is 9.59 Å². The van der Waals surface area contributed by atoms with Gasteiger partial charge in [0.05, 0.1) is 16.9 Å². The molecule has 224 valence electrons. The molecule has 3 heterocycles. The summed E-state index contributed by atoms with van der Waals surface area (Å²) in [7, 11) is 0. The molecule has 3 aliphatic rings. The average molecular weight is 587 g/mol. The summed E-state index contributed by atoms with van der Waals surface area (Å²) in [5, 5.41) is 2.57. The summed E-state index contributed by atoms with van der Waals surface area (Å²) in [6.45, 7) is 6.74. The Morgan fingerprint density at radius 2 is 1.69 bits per heavy atom. The molecule has 0 spiro atoms. The second kappa shape index (κ2) is 10.6. The maximum Gasteiger partial charge on any atom is 0.410 e. The second-order valence-corrected chi connectivity index (χ2v) is 12.3. The minimum absolute atomic E-state index is 0.00516. The van der Waals surface area contributed by atoms with Gasteiger partial charge in [-0.15, -0.1) is 0 Å². The van der Waals surface area contributed by atoms with Crippen LogP contribution in [0, 0.1) is 22.9 Å². The van der Waals surface area contributed by atoms with E-state index in [4.69, 9.17) is 4.74 Å². The van der Waals surface area contributed by atoms with Crippen LogP contribution in [-0.2, 0) is 9.53 Å². The highest BCUT2D eigenvalue weighted by Gasteiger charge is 2.55. The van der Waals surface area contributed by atoms with Crippen LogP contribution in [0.15, 0.2) is 46.0 Å². The summed E-state index contributed by atoms with van der Waals surface area (Å²) in [5.41, 5.74) is -3.50. The Hall–Kier alpha value is -4.09. The van der Waals surface area contributed by atoms with Crippen LogP contribution >= 0.6 is 0 Å². The predicted molar refractivity (Wildman–Crippen MR) is 148 cm³/mol. The number of nitrogens with one attached hydrogen (secondary N) is 2. The molecule has 1 aromatic heterocycles. The Morgan fingerprint density at radius 1 is 1.05 bits per heavy atom. The number of hydrogen-bond donors (Lipinski definition) is 2. The number of carbonyl (C=O) groups is 2. The second-order valence-electron chi connectivity index (χ2n) is 12.3. The first-order valence-electron chi connectivity index (χ1n) is 13.9. The number of rotatable bonds is 5. The van der Waals surface area contributed by atoms with Gasteiger partial charge in [-0.05, 0) is 77.6 Å². The van der Waals surface area contributed by atoms with Crippen LogP contribution in [-0.4, -0.2) is 44.6 Å². The number of nitrogens with zero attached hydrogens (tertiary/aromatic N) is 2. The van der Waals surface area contributed by atoms with E-state index < -0.39 is 63.8 Å². The lowest BCUT2D eigenvalue weighted by Crippen LogP contribution is -2.63. The fourth-order valence-electron chi connectivity index (χ4n) is 6.34. The molecule has 3 aromatic rings. The molecule has 2 aromatic carbocycles. The smallest absolute Gasteiger partial charge is 0.410 e. The number of aromatic amines is 1. The number of halogens is 3. The Morgan fingerprint density at radius 3 is 2.33 bits per heavy atom. The van der Waals surface area contributed by atoms with E-state index in [1.165, 1.54) is 19.1 Å². The quantitative estimate of drug-likeness (QED) is 0.450. The number of hydrogen-bond acceptors (Lipinski definition) is 5. The van der Waals surface area contributed by atoms with Crippen molar-refractivity contribution in [2.24, 2.45) is 5.41 Å². The molecule has 0 radical (unpaired) electrons. The van der Waals surface area contributed by atoms with Gasteiger partial charge in [0.15, 0.2) is 0 Å². The monoisotopic (exact) mass is 586 g/mol. The van der Waals surface area contributed by atoms with Crippen LogP contribution in [0.4, 0.5) is 18.0 Å². The molecule has 6 rings (SSSR count). The van der Waals surface area contributed by atoms with Crippen LogP contribution in [0.25, 0.3) is 10.9 Å². The van der Waals surface area contributed by atoms with E-state index in [0.717, 1.165) is 22.8 Å². The maximum atomic E-state index is 14.6. The zero-order chi connectivity index (χ0) is 30.6. The third-order valence-electron chi connectivity index (χ3n) is 8.27. The summed E-state index contributed by atoms with van der Waals surface area (Å²) in [6, 6.07) is 3.76. The molecular weight excluding hydrogens is 553 g/mol. The number of aromatic nitrogens is 2. The first kappa shape index (κ1) is 29.4. The average Bonchev–Trinajstić information content (AvgIpc) is 2.90. The van der Waals surface area contributed by atoms with Gasteiger partial charge in [0.2, 0.25) is 5.91 Å². The molecule has 42 heavy (non-hydrogen) atoms. The van der Waals surface area contributed by atoms with Gasteiger partial charge < -0.3 is 19.9 Å². The van der Waals surface area contributed by atoms with Crippen molar-refractivity contribution < 1.29 is 27.5 Å². The lowest BCUT2D eigenvalue weighted by molar-refractivity contribution is -0.135. The Kier molecular flexibility index (Phi) is 7.44. The molecule has 2 bridgehead atoms. The molecule has 1 aliphatic carbocycles. The molecule has 9 nitrogen and oxygen atoms in total. The van der Waals surface area contributed by atoms with E-state index in [9.17, 15) is 32.3 Å². The summed E-state index contributed by atoms with van der Waals surface area (Å²) in [4.78, 5) is 58.8. The van der Waals surface area contributed by atoms with Crippen molar-refractivity contribution >= 4 is 22.9 Å². The molecule has 2 atom stereocenters. The minimum atomic E-state index is -1.45. The number of piperidine rings is 2. The Balaban J connectivity index is 1.62. The SMILES string of the molecule is C[C@H](NC(=O)C(n1c(=O)[nH]c2ccc(F)cc2c1=O)C12CCC(CC1)N(C(=O)OC(C)(C)C)C2)c1ccc(F)cc1F. The number of H-pyrrole nitrogens is 1. The first-order valence-corrected chi connectivity index (χ1v) is 13.9. The predicted octanol–water partition coefficient (Wildman–Crippen LogP) is 4.71. The standard InChI is InChI=1S/C30H33F3N4O5/c1-16(20-7-5-18(32)14-22(20)33)34-25(38)24(37-26(39)21-13-17(31)6-8-23(21)35-27(37)40)30-11-9-19(10-12-30)36(15-30)28(41)42-29(2,3)4/h5-8,13-14,16,19,24H,9-12,15H2,1-4H3,(H,34,38)(H,35,40)/t16-,19?,24?,30?/m0/s1. The van der Waals surface area contributed by atoms with E-state index in [0.29, 0.717) is 31.7 Å². The Bertz CT molecular complexity index is 1670. The zero-order valence-electron chi connectivity index (χ0n) is 23.8. The molecule has 1 saturated carbocycles. The highest BCUT2D eigenvalue weighted by atomic mass is 19.1. The minimum Gasteiger partial charge on any atom is -0.444 e. The van der Waals surface area contributed by atoms with Gasteiger partial charge in [-0.2, -0.15) is 0 Å². The zero-order valence-corrected chi connectivity index (χ0v) is 23.8. The van der Waals surface area contributed by atoms with Crippen molar-refractivity contribution in [3.05, 3.63) is 80.3 Å². The van der Waals surface area contributed by atoms with Crippen molar-refractivity contribution in [2.45, 2.75) is 77.1 Å². The van der Waals surface area contributed by atoms with E-state index in [1.807, 2.05) is 0 Å². The topological polar surface area (TPSA) is 114 Å². The lowest BCUT2D eigenvalue weighted by Gasteiger charge is -2.55. The molecule has 2 N–H and O–H groups in total. The van der Waals surface area contributed by atoms with Crippen LogP contribution in [0.2, 0.25) is 0 Å². The third-order valence-corrected chi connectivity index (χ3v) is 8.27. The van der Waals surface area contributed by atoms with E-state index in [-0.39, 0.29) is 29.1 Å². The van der Waals surface area contributed by atoms with Crippen molar-refractivity contribution in [1.82, 2.24) is 19.8 Å². The number of carbonyl (C=O) groups excluding carboxylic acids is 2. The molecular formula is C30H33F3N4O5. The summed E-state index contributed by atoms with van der Waals surface area (Å²) >= 11 is 0. The van der Waals surface area contributed by atoms with Crippen molar-refractivity contribution in [1.29, 1.82) is 0 Å². The van der Waals surface area contributed by atoms with Gasteiger partial charge in [0, 0.05) is 29.6 Å². The summed E-state index contributed by atoms with van der Waals surface area (Å²) in [5.74, 6) is -3.12. The van der Waals surface area contributed by atoms with Gasteiger partial charge in [-0.1, -0.05) is 6.07 Å². The van der Waals surface area contributed by atoms with Crippen molar-refractivity contribution in [3.63, 3.8) is 0 Å². The van der Waals surface area contributed by atoms with Crippen molar-refractivity contribution in [2.75, 3.05) is 6.54 Å². The number of amides is 2. The molecule has 2 saturated heterocycles. The maximum absolute atomic E-state index is 14.6. The molecule has 2 aliphatic heterocycles. The fourth-order valence-corrected chi connectivity index (χ4v) is 6.34. The van der Waals surface area contributed by atoms with Gasteiger partial charge in [0.25, 0.3) is 5.56 Å². The van der Waals surface area contributed by atoms with E-state index in [2.05, 4.69) is 10.3 Å². The van der Waals surface area contributed by atoms with E-state index >= 15 is 0 Å². The molecule has 12 heteroatoms. The van der Waals surface area contributed by atoms with Gasteiger partial charge in [-0.25, -0.2) is 27.3 Å². The summed E-state index contributed by atoms with van der Waals surface area (Å²) in [6.07, 6.45) is 1.24. The van der Waals surface area contributed by atoms with Gasteiger partial charge in [0.1, 0.15) is 29.1 Å². The first-order chi connectivity index (χ1) is 19.7. The van der Waals surface area contributed by atoms with Gasteiger partial charge >= 0.3 is 11.8 Å². The van der Waals surface area contributed by atoms with Crippen LogP contribution in [0.5, 0.6) is 0 Å². The normalized spacial score (nSPS) is 21.7. The third kappa shape index (κ3) is 5.41. The molecule has 1 unspecified atom stereocenters. The van der Waals surface area contributed by atoms with Crippen LogP contribution in [0.3, 0.4) is 0 Å². The van der Waals surface area contributed by atoms with Crippen LogP contribution < -0.4 is 16.6 Å². The number of fused-ring (bicyclic) bond motifs is 4. The fraction of sp³-hybridized carbons (Fsp3) is 0.467. The highest BCUT2D eigenvalue weighted by Crippen LogP contribution is 2.51. The van der Waals surface area contributed by atoms with E-state index in [1.54, 1.807) is 25.7 Å². The summed E-state index contributed by atoms with van der Waals surface area (Å²) < 4.78 is 48.7. The number of ether oxygens (including phenoxy) is 1.